The largest absolute Gasteiger partial charge is 0.396 e. The van der Waals surface area contributed by atoms with Gasteiger partial charge in [-0.1, -0.05) is 6.92 Å². The van der Waals surface area contributed by atoms with Crippen LogP contribution < -0.4 is 4.72 Å². The Morgan fingerprint density at radius 2 is 2.11 bits per heavy atom. The molecule has 1 saturated carbocycles. The Bertz CT molecular complexity index is 368. The molecular formula is C12H24N2O3S. The fraction of sp³-hybridized carbons (Fsp3) is 1.00. The fourth-order valence-corrected chi connectivity index (χ4v) is 3.99. The third-order valence-electron chi connectivity index (χ3n) is 4.09. The molecule has 0 aromatic heterocycles. The van der Waals surface area contributed by atoms with E-state index in [1.807, 2.05) is 0 Å². The van der Waals surface area contributed by atoms with Crippen molar-refractivity contribution in [1.82, 2.24) is 9.03 Å². The third kappa shape index (κ3) is 3.66. The number of aliphatic hydroxyl groups is 1. The maximum absolute atomic E-state index is 12.1. The number of aliphatic hydroxyl groups excluding tert-OH is 1. The number of nitrogens with one attached hydrogen (secondary N) is 1. The van der Waals surface area contributed by atoms with Crippen LogP contribution in [0.1, 0.15) is 32.6 Å². The lowest BCUT2D eigenvalue weighted by atomic mass is 10.0. The number of hydrogen-bond donors (Lipinski definition) is 2. The van der Waals surface area contributed by atoms with E-state index in [4.69, 9.17) is 5.11 Å². The van der Waals surface area contributed by atoms with E-state index in [0.29, 0.717) is 31.5 Å². The second kappa shape index (κ2) is 5.86. The summed E-state index contributed by atoms with van der Waals surface area (Å²) in [6.45, 7) is 3.73. The molecule has 0 spiro atoms. The Morgan fingerprint density at radius 1 is 1.39 bits per heavy atom. The van der Waals surface area contributed by atoms with Crippen LogP contribution in [0.4, 0.5) is 0 Å². The Labute approximate surface area is 110 Å². The number of hydrogen-bond acceptors (Lipinski definition) is 3. The SMILES string of the molecule is CC(CNS(=O)(=O)N1CCCC(CO)C1)C1CC1. The van der Waals surface area contributed by atoms with E-state index in [1.165, 1.54) is 17.1 Å². The summed E-state index contributed by atoms with van der Waals surface area (Å²) in [4.78, 5) is 0. The molecule has 1 aliphatic heterocycles. The van der Waals surface area contributed by atoms with E-state index in [1.54, 1.807) is 0 Å². The second-order valence-electron chi connectivity index (χ2n) is 5.72. The molecular weight excluding hydrogens is 252 g/mol. The molecule has 5 nitrogen and oxygen atoms in total. The molecule has 2 unspecified atom stereocenters. The van der Waals surface area contributed by atoms with Gasteiger partial charge < -0.3 is 5.11 Å². The molecule has 2 atom stereocenters. The lowest BCUT2D eigenvalue weighted by Crippen LogP contribution is -2.47. The van der Waals surface area contributed by atoms with Crippen LogP contribution in [-0.2, 0) is 10.2 Å². The molecule has 0 bridgehead atoms. The van der Waals surface area contributed by atoms with Crippen LogP contribution in [0.25, 0.3) is 0 Å². The summed E-state index contributed by atoms with van der Waals surface area (Å²) < 4.78 is 28.4. The second-order valence-corrected chi connectivity index (χ2v) is 7.47. The Kier molecular flexibility index (Phi) is 4.64. The molecule has 6 heteroatoms. The third-order valence-corrected chi connectivity index (χ3v) is 5.64. The highest BCUT2D eigenvalue weighted by atomic mass is 32.2. The number of piperidine rings is 1. The summed E-state index contributed by atoms with van der Waals surface area (Å²) in [5, 5.41) is 9.13. The minimum absolute atomic E-state index is 0.0739. The van der Waals surface area contributed by atoms with Crippen molar-refractivity contribution in [2.75, 3.05) is 26.2 Å². The maximum atomic E-state index is 12.1. The van der Waals surface area contributed by atoms with Crippen LogP contribution >= 0.6 is 0 Å². The number of rotatable bonds is 6. The summed E-state index contributed by atoms with van der Waals surface area (Å²) in [5.41, 5.74) is 0. The van der Waals surface area contributed by atoms with Gasteiger partial charge in [0.25, 0.3) is 10.2 Å². The van der Waals surface area contributed by atoms with Crippen molar-refractivity contribution in [2.45, 2.75) is 32.6 Å². The van der Waals surface area contributed by atoms with Gasteiger partial charge in [0, 0.05) is 26.2 Å². The van der Waals surface area contributed by atoms with Gasteiger partial charge in [-0.2, -0.15) is 12.7 Å². The van der Waals surface area contributed by atoms with Crippen molar-refractivity contribution < 1.29 is 13.5 Å². The first-order valence-corrected chi connectivity index (χ1v) is 8.32. The van der Waals surface area contributed by atoms with E-state index in [2.05, 4.69) is 11.6 Å². The predicted octanol–water partition coefficient (Wildman–Crippen LogP) is 0.571. The molecule has 0 radical (unpaired) electrons. The van der Waals surface area contributed by atoms with Crippen LogP contribution in [0.5, 0.6) is 0 Å². The summed E-state index contributed by atoms with van der Waals surface area (Å²) in [6, 6.07) is 0. The molecule has 2 aliphatic rings. The van der Waals surface area contributed by atoms with Crippen molar-refractivity contribution >= 4 is 10.2 Å². The Hall–Kier alpha value is -0.170. The van der Waals surface area contributed by atoms with E-state index >= 15 is 0 Å². The van der Waals surface area contributed by atoms with Gasteiger partial charge in [0.1, 0.15) is 0 Å². The van der Waals surface area contributed by atoms with Crippen LogP contribution in [0.2, 0.25) is 0 Å². The van der Waals surface area contributed by atoms with E-state index in [-0.39, 0.29) is 12.5 Å². The van der Waals surface area contributed by atoms with Crippen LogP contribution in [0, 0.1) is 17.8 Å². The Balaban J connectivity index is 1.84. The highest BCUT2D eigenvalue weighted by molar-refractivity contribution is 7.87. The number of nitrogens with zero attached hydrogens (tertiary/aromatic N) is 1. The smallest absolute Gasteiger partial charge is 0.279 e. The highest BCUT2D eigenvalue weighted by Crippen LogP contribution is 2.36. The lowest BCUT2D eigenvalue weighted by Gasteiger charge is -2.31. The van der Waals surface area contributed by atoms with Gasteiger partial charge in [-0.05, 0) is 43.4 Å². The first-order valence-electron chi connectivity index (χ1n) is 6.88. The summed E-state index contributed by atoms with van der Waals surface area (Å²) in [6.07, 6.45) is 4.23. The van der Waals surface area contributed by atoms with Crippen molar-refractivity contribution in [1.29, 1.82) is 0 Å². The molecule has 0 aromatic rings. The molecule has 18 heavy (non-hydrogen) atoms. The maximum Gasteiger partial charge on any atom is 0.279 e. The van der Waals surface area contributed by atoms with Crippen molar-refractivity contribution in [2.24, 2.45) is 17.8 Å². The monoisotopic (exact) mass is 276 g/mol. The summed E-state index contributed by atoms with van der Waals surface area (Å²) in [7, 11) is -3.35. The molecule has 2 fully saturated rings. The molecule has 0 amide bonds. The Morgan fingerprint density at radius 3 is 2.72 bits per heavy atom. The van der Waals surface area contributed by atoms with Gasteiger partial charge in [0.2, 0.25) is 0 Å². The molecule has 1 aliphatic carbocycles. The lowest BCUT2D eigenvalue weighted by molar-refractivity contribution is 0.164. The molecule has 106 valence electrons. The topological polar surface area (TPSA) is 69.6 Å². The first kappa shape index (κ1) is 14.2. The first-order chi connectivity index (χ1) is 8.53. The van der Waals surface area contributed by atoms with Gasteiger partial charge in [0.05, 0.1) is 0 Å². The van der Waals surface area contributed by atoms with Gasteiger partial charge >= 0.3 is 0 Å². The zero-order valence-electron chi connectivity index (χ0n) is 11.0. The van der Waals surface area contributed by atoms with Crippen LogP contribution in [0.15, 0.2) is 0 Å². The molecule has 1 heterocycles. The van der Waals surface area contributed by atoms with Gasteiger partial charge in [-0.25, -0.2) is 4.72 Å². The summed E-state index contributed by atoms with van der Waals surface area (Å²) >= 11 is 0. The van der Waals surface area contributed by atoms with E-state index < -0.39 is 10.2 Å². The average Bonchev–Trinajstić information content (AvgIpc) is 3.20. The normalized spacial score (nSPS) is 28.2. The van der Waals surface area contributed by atoms with Crippen molar-refractivity contribution in [3.63, 3.8) is 0 Å². The molecule has 2 N–H and O–H groups in total. The quantitative estimate of drug-likeness (QED) is 0.745. The zero-order valence-corrected chi connectivity index (χ0v) is 11.8. The van der Waals surface area contributed by atoms with E-state index in [9.17, 15) is 8.42 Å². The van der Waals surface area contributed by atoms with Crippen LogP contribution in [0.3, 0.4) is 0 Å². The molecule has 1 saturated heterocycles. The standard InChI is InChI=1S/C12H24N2O3S/c1-10(12-4-5-12)7-13-18(16,17)14-6-2-3-11(8-14)9-15/h10-13,15H,2-9H2,1H3. The van der Waals surface area contributed by atoms with Crippen molar-refractivity contribution in [3.8, 4) is 0 Å². The minimum atomic E-state index is -3.35. The highest BCUT2D eigenvalue weighted by Gasteiger charge is 2.31. The van der Waals surface area contributed by atoms with Gasteiger partial charge in [-0.15, -0.1) is 0 Å². The average molecular weight is 276 g/mol. The van der Waals surface area contributed by atoms with E-state index in [0.717, 1.165) is 12.8 Å². The molecule has 0 aromatic carbocycles. The predicted molar refractivity (Wildman–Crippen MR) is 70.2 cm³/mol. The molecule has 2 rings (SSSR count). The van der Waals surface area contributed by atoms with Gasteiger partial charge in [-0.3, -0.25) is 0 Å². The summed E-state index contributed by atoms with van der Waals surface area (Å²) in [5.74, 6) is 1.23. The van der Waals surface area contributed by atoms with Crippen LogP contribution in [-0.4, -0.2) is 44.1 Å². The van der Waals surface area contributed by atoms with Crippen molar-refractivity contribution in [3.05, 3.63) is 0 Å². The van der Waals surface area contributed by atoms with Gasteiger partial charge in [0.15, 0.2) is 0 Å². The fourth-order valence-electron chi connectivity index (χ4n) is 2.55. The zero-order chi connectivity index (χ0) is 13.2. The minimum Gasteiger partial charge on any atom is -0.396 e.